The normalized spacial score (nSPS) is 14.8. The van der Waals surface area contributed by atoms with Crippen LogP contribution in [0.25, 0.3) is 6.08 Å². The fourth-order valence-corrected chi connectivity index (χ4v) is 4.53. The van der Waals surface area contributed by atoms with Crippen molar-refractivity contribution < 1.29 is 28.2 Å². The Morgan fingerprint density at radius 1 is 1.11 bits per heavy atom. The fraction of sp³-hybridized carbons (Fsp3) is 0.115. The van der Waals surface area contributed by atoms with Crippen molar-refractivity contribution >= 4 is 63.8 Å². The molecule has 0 radical (unpaired) electrons. The van der Waals surface area contributed by atoms with Crippen LogP contribution in [0.15, 0.2) is 60.2 Å². The van der Waals surface area contributed by atoms with Crippen molar-refractivity contribution in [3.05, 3.63) is 91.3 Å². The van der Waals surface area contributed by atoms with E-state index in [1.807, 2.05) is 0 Å². The molecule has 0 atom stereocenters. The number of carbonyl (C=O) groups is 3. The third-order valence-corrected chi connectivity index (χ3v) is 6.65. The zero-order chi connectivity index (χ0) is 26.0. The number of barbiturate groups is 1. The molecule has 0 aromatic heterocycles. The average Bonchev–Trinajstić information content (AvgIpc) is 2.84. The molecule has 7 nitrogen and oxygen atoms in total. The number of rotatable bonds is 6. The number of nitrogens with one attached hydrogen (secondary N) is 1. The van der Waals surface area contributed by atoms with Crippen LogP contribution in [0.4, 0.5) is 14.9 Å². The second-order valence-corrected chi connectivity index (χ2v) is 9.36. The Bertz CT molecular complexity index is 1410. The Balaban J connectivity index is 1.66. The zero-order valence-corrected chi connectivity index (χ0v) is 22.0. The third-order valence-electron chi connectivity index (χ3n) is 5.44. The van der Waals surface area contributed by atoms with E-state index < -0.39 is 17.8 Å². The molecule has 10 heteroatoms. The Labute approximate surface area is 225 Å². The lowest BCUT2D eigenvalue weighted by Crippen LogP contribution is -2.54. The highest BCUT2D eigenvalue weighted by Crippen LogP contribution is 2.36. The summed E-state index contributed by atoms with van der Waals surface area (Å²) in [7, 11) is 1.47. The van der Waals surface area contributed by atoms with Crippen molar-refractivity contribution in [1.29, 1.82) is 0 Å². The van der Waals surface area contributed by atoms with E-state index in [2.05, 4.69) is 27.9 Å². The summed E-state index contributed by atoms with van der Waals surface area (Å²) in [4.78, 5) is 39.2. The molecule has 1 heterocycles. The first-order chi connectivity index (χ1) is 17.2. The maximum atomic E-state index is 13.3. The highest BCUT2D eigenvalue weighted by Gasteiger charge is 2.37. The van der Waals surface area contributed by atoms with E-state index in [0.717, 1.165) is 10.5 Å². The van der Waals surface area contributed by atoms with Gasteiger partial charge in [0.1, 0.15) is 18.0 Å². The van der Waals surface area contributed by atoms with E-state index >= 15 is 0 Å². The lowest BCUT2D eigenvalue weighted by Gasteiger charge is -2.27. The Morgan fingerprint density at radius 3 is 2.53 bits per heavy atom. The Kier molecular flexibility index (Phi) is 7.60. The number of anilines is 1. The van der Waals surface area contributed by atoms with Crippen LogP contribution in [0.5, 0.6) is 11.5 Å². The highest BCUT2D eigenvalue weighted by atomic mass is 127. The molecule has 4 amide bonds. The SMILES string of the molecule is COc1cc(/C=C2\C(=O)NC(=O)N(c3cccc(Cl)c3C)C2=O)cc(I)c1OCc1ccc(F)cc1. The Morgan fingerprint density at radius 2 is 1.83 bits per heavy atom. The number of urea groups is 1. The maximum Gasteiger partial charge on any atom is 0.335 e. The molecule has 1 fully saturated rings. The van der Waals surface area contributed by atoms with Crippen LogP contribution in [-0.4, -0.2) is 25.0 Å². The number of halogens is 3. The first-order valence-electron chi connectivity index (χ1n) is 10.6. The minimum absolute atomic E-state index is 0.185. The van der Waals surface area contributed by atoms with Gasteiger partial charge in [0.15, 0.2) is 11.5 Å². The molecule has 0 unspecified atom stereocenters. The summed E-state index contributed by atoms with van der Waals surface area (Å²) in [6, 6.07) is 13.2. The molecule has 0 spiro atoms. The van der Waals surface area contributed by atoms with Gasteiger partial charge in [0.2, 0.25) is 0 Å². The fourth-order valence-electron chi connectivity index (χ4n) is 3.58. The number of amides is 4. The van der Waals surface area contributed by atoms with Crippen LogP contribution in [0.2, 0.25) is 5.02 Å². The van der Waals surface area contributed by atoms with Gasteiger partial charge in [-0.3, -0.25) is 14.9 Å². The molecule has 0 aliphatic carbocycles. The molecule has 1 aliphatic rings. The summed E-state index contributed by atoms with van der Waals surface area (Å²) in [5.74, 6) is -1.10. The van der Waals surface area contributed by atoms with Gasteiger partial charge in [-0.25, -0.2) is 14.1 Å². The van der Waals surface area contributed by atoms with Gasteiger partial charge in [-0.05, 0) is 88.7 Å². The molecule has 184 valence electrons. The lowest BCUT2D eigenvalue weighted by atomic mass is 10.1. The summed E-state index contributed by atoms with van der Waals surface area (Å²) in [6.07, 6.45) is 1.38. The molecule has 0 saturated carbocycles. The van der Waals surface area contributed by atoms with Crippen molar-refractivity contribution in [1.82, 2.24) is 5.32 Å². The molecule has 3 aromatic carbocycles. The van der Waals surface area contributed by atoms with Crippen LogP contribution >= 0.6 is 34.2 Å². The van der Waals surface area contributed by atoms with Gasteiger partial charge in [-0.1, -0.05) is 29.8 Å². The number of hydrogen-bond donors (Lipinski definition) is 1. The number of methoxy groups -OCH3 is 1. The van der Waals surface area contributed by atoms with E-state index in [0.29, 0.717) is 31.2 Å². The second-order valence-electron chi connectivity index (χ2n) is 7.79. The summed E-state index contributed by atoms with van der Waals surface area (Å²) in [5.41, 5.74) is 1.83. The van der Waals surface area contributed by atoms with E-state index in [4.69, 9.17) is 21.1 Å². The molecule has 0 bridgehead atoms. The molecular weight excluding hydrogens is 602 g/mol. The quantitative estimate of drug-likeness (QED) is 0.219. The van der Waals surface area contributed by atoms with Crippen LogP contribution < -0.4 is 19.7 Å². The first-order valence-corrected chi connectivity index (χ1v) is 12.1. The average molecular weight is 621 g/mol. The summed E-state index contributed by atoms with van der Waals surface area (Å²) in [6.45, 7) is 1.86. The minimum atomic E-state index is -0.857. The van der Waals surface area contributed by atoms with Gasteiger partial charge in [-0.15, -0.1) is 0 Å². The maximum absolute atomic E-state index is 13.3. The Hall–Kier alpha value is -3.44. The molecule has 1 N–H and O–H groups in total. The van der Waals surface area contributed by atoms with Gasteiger partial charge in [0, 0.05) is 5.02 Å². The predicted octanol–water partition coefficient (Wildman–Crippen LogP) is 5.65. The van der Waals surface area contributed by atoms with Crippen LogP contribution in [0.3, 0.4) is 0 Å². The second kappa shape index (κ2) is 10.7. The smallest absolute Gasteiger partial charge is 0.335 e. The van der Waals surface area contributed by atoms with Crippen molar-refractivity contribution in [2.45, 2.75) is 13.5 Å². The molecule has 36 heavy (non-hydrogen) atoms. The third kappa shape index (κ3) is 5.21. The monoisotopic (exact) mass is 620 g/mol. The topological polar surface area (TPSA) is 84.9 Å². The van der Waals surface area contributed by atoms with E-state index in [-0.39, 0.29) is 23.7 Å². The molecule has 3 aromatic rings. The zero-order valence-electron chi connectivity index (χ0n) is 19.1. The van der Waals surface area contributed by atoms with Gasteiger partial charge in [0.05, 0.1) is 16.4 Å². The van der Waals surface area contributed by atoms with Gasteiger partial charge in [-0.2, -0.15) is 0 Å². The highest BCUT2D eigenvalue weighted by molar-refractivity contribution is 14.1. The van der Waals surface area contributed by atoms with E-state index in [1.165, 1.54) is 25.3 Å². The first kappa shape index (κ1) is 25.6. The standard InChI is InChI=1S/C26H19ClFIN2O5/c1-14-19(27)4-3-5-21(14)31-25(33)18(24(32)30-26(31)34)10-16-11-20(29)23(22(12-16)35-2)36-13-15-6-8-17(28)9-7-15/h3-12H,13H2,1-2H3,(H,30,32,34)/b18-10+. The number of imide groups is 2. The van der Waals surface area contributed by atoms with E-state index in [9.17, 15) is 18.8 Å². The minimum Gasteiger partial charge on any atom is -0.493 e. The summed E-state index contributed by atoms with van der Waals surface area (Å²) < 4.78 is 25.2. The van der Waals surface area contributed by atoms with E-state index in [1.54, 1.807) is 49.4 Å². The number of hydrogen-bond acceptors (Lipinski definition) is 5. The van der Waals surface area contributed by atoms with Crippen LogP contribution in [0, 0.1) is 16.3 Å². The molecular formula is C26H19ClFIN2O5. The molecule has 1 aliphatic heterocycles. The molecule has 1 saturated heterocycles. The van der Waals surface area contributed by atoms with Crippen molar-refractivity contribution in [2.75, 3.05) is 12.0 Å². The number of ether oxygens (including phenoxy) is 2. The van der Waals surface area contributed by atoms with Gasteiger partial charge < -0.3 is 9.47 Å². The van der Waals surface area contributed by atoms with Crippen LogP contribution in [-0.2, 0) is 16.2 Å². The number of nitrogens with zero attached hydrogens (tertiary/aromatic N) is 1. The van der Waals surface area contributed by atoms with Gasteiger partial charge in [0.25, 0.3) is 11.8 Å². The van der Waals surface area contributed by atoms with Crippen molar-refractivity contribution in [3.8, 4) is 11.5 Å². The number of carbonyl (C=O) groups excluding carboxylic acids is 3. The molecule has 4 rings (SSSR count). The van der Waals surface area contributed by atoms with Crippen LogP contribution in [0.1, 0.15) is 16.7 Å². The largest absolute Gasteiger partial charge is 0.493 e. The summed E-state index contributed by atoms with van der Waals surface area (Å²) >= 11 is 8.22. The van der Waals surface area contributed by atoms with Gasteiger partial charge >= 0.3 is 6.03 Å². The summed E-state index contributed by atoms with van der Waals surface area (Å²) in [5, 5.41) is 2.58. The number of benzene rings is 3. The predicted molar refractivity (Wildman–Crippen MR) is 142 cm³/mol. The lowest BCUT2D eigenvalue weighted by molar-refractivity contribution is -0.122. The van der Waals surface area contributed by atoms with Crippen molar-refractivity contribution in [3.63, 3.8) is 0 Å². The van der Waals surface area contributed by atoms with Crippen molar-refractivity contribution in [2.24, 2.45) is 0 Å².